The van der Waals surface area contributed by atoms with Crippen molar-refractivity contribution in [2.24, 2.45) is 64.6 Å². The standard InChI is InChI=1S/C23H34O2.C2H4O2.3CH4/c1-4-23(2,3)22(24)25-17-9-13-8-14(17)21-16-10-15(20(13)21)18-11-5-6-12(7-11)19(16)18;1-2(3)4;;;/h11-21H,4-10H2,1-3H3;1H3,(H,3,4);3*1H4. The lowest BCUT2D eigenvalue weighted by Gasteiger charge is -2.46. The Morgan fingerprint density at radius 3 is 1.84 bits per heavy atom. The van der Waals surface area contributed by atoms with E-state index in [1.807, 2.05) is 13.8 Å². The van der Waals surface area contributed by atoms with Crippen molar-refractivity contribution in [1.82, 2.24) is 0 Å². The van der Waals surface area contributed by atoms with Gasteiger partial charge in [-0.05, 0) is 118 Å². The normalized spacial score (nSPS) is 45.4. The number of ether oxygens (including phenoxy) is 1. The lowest BCUT2D eigenvalue weighted by atomic mass is 9.59. The highest BCUT2D eigenvalue weighted by Crippen LogP contribution is 2.76. The van der Waals surface area contributed by atoms with Crippen LogP contribution in [0.1, 0.15) is 94.9 Å². The number of carbonyl (C=O) groups excluding carboxylic acids is 1. The number of esters is 1. The summed E-state index contributed by atoms with van der Waals surface area (Å²) < 4.78 is 6.15. The largest absolute Gasteiger partial charge is 0.481 e. The summed E-state index contributed by atoms with van der Waals surface area (Å²) in [4.78, 5) is 21.6. The average molecular weight is 451 g/mol. The third-order valence-electron chi connectivity index (χ3n) is 10.3. The fourth-order valence-electron chi connectivity index (χ4n) is 9.31. The molecule has 4 heteroatoms. The van der Waals surface area contributed by atoms with Gasteiger partial charge in [-0.25, -0.2) is 0 Å². The second kappa shape index (κ2) is 9.29. The predicted molar refractivity (Wildman–Crippen MR) is 130 cm³/mol. The van der Waals surface area contributed by atoms with Gasteiger partial charge in [0.2, 0.25) is 0 Å². The van der Waals surface area contributed by atoms with Crippen molar-refractivity contribution in [2.75, 3.05) is 0 Å². The minimum atomic E-state index is -0.833. The molecule has 0 heterocycles. The number of fused-ring (bicyclic) bond motifs is 16. The fraction of sp³-hybridized carbons (Fsp3) is 0.929. The fourth-order valence-corrected chi connectivity index (χ4v) is 9.31. The van der Waals surface area contributed by atoms with Gasteiger partial charge in [0.25, 0.3) is 5.97 Å². The van der Waals surface area contributed by atoms with Crippen LogP contribution < -0.4 is 0 Å². The average Bonchev–Trinajstić information content (AvgIpc) is 3.46. The SMILES string of the molecule is C.C.C.CC(=O)O.CCC(C)(C)C(=O)OC1CC2CC1C1C3CC(C4C5CCC(C5)C34)C21. The van der Waals surface area contributed by atoms with E-state index in [0.717, 1.165) is 66.6 Å². The lowest BCUT2D eigenvalue weighted by molar-refractivity contribution is -0.165. The zero-order valence-electron chi connectivity index (χ0n) is 18.5. The Hall–Kier alpha value is -1.06. The minimum absolute atomic E-state index is 0. The molecule has 6 fully saturated rings. The Kier molecular flexibility index (Phi) is 7.90. The molecule has 0 saturated heterocycles. The number of rotatable bonds is 3. The van der Waals surface area contributed by atoms with Crippen LogP contribution in [0, 0.1) is 64.6 Å². The molecule has 4 nitrogen and oxygen atoms in total. The number of hydrogen-bond donors (Lipinski definition) is 1. The van der Waals surface area contributed by atoms with Gasteiger partial charge in [-0.3, -0.25) is 9.59 Å². The van der Waals surface area contributed by atoms with Crippen LogP contribution in [-0.4, -0.2) is 23.1 Å². The Morgan fingerprint density at radius 1 is 0.812 bits per heavy atom. The van der Waals surface area contributed by atoms with Gasteiger partial charge in [0.15, 0.2) is 0 Å². The van der Waals surface area contributed by atoms with Gasteiger partial charge in [-0.1, -0.05) is 29.2 Å². The summed E-state index contributed by atoms with van der Waals surface area (Å²) in [6.45, 7) is 7.27. The Morgan fingerprint density at radius 2 is 1.31 bits per heavy atom. The van der Waals surface area contributed by atoms with Gasteiger partial charge in [-0.2, -0.15) is 0 Å². The molecule has 0 aromatic heterocycles. The molecule has 0 radical (unpaired) electrons. The summed E-state index contributed by atoms with van der Waals surface area (Å²) in [6.07, 6.45) is 9.88. The van der Waals surface area contributed by atoms with Gasteiger partial charge in [0.1, 0.15) is 6.10 Å². The molecule has 6 aliphatic carbocycles. The molecule has 32 heavy (non-hydrogen) atoms. The molecule has 0 aromatic carbocycles. The molecule has 0 spiro atoms. The van der Waals surface area contributed by atoms with E-state index < -0.39 is 5.97 Å². The number of aliphatic carboxylic acids is 1. The van der Waals surface area contributed by atoms with Crippen LogP contribution in [0.4, 0.5) is 0 Å². The molecule has 6 saturated carbocycles. The molecule has 0 aliphatic heterocycles. The highest BCUT2D eigenvalue weighted by molar-refractivity contribution is 5.76. The van der Waals surface area contributed by atoms with Crippen LogP contribution in [0.15, 0.2) is 0 Å². The molecule has 11 unspecified atom stereocenters. The van der Waals surface area contributed by atoms with Crippen molar-refractivity contribution >= 4 is 11.9 Å². The predicted octanol–water partition coefficient (Wildman–Crippen LogP) is 6.92. The Balaban J connectivity index is 0.000000483. The zero-order chi connectivity index (χ0) is 20.7. The molecule has 6 aliphatic rings. The molecular weight excluding hydrogens is 400 g/mol. The van der Waals surface area contributed by atoms with Crippen LogP contribution >= 0.6 is 0 Å². The summed E-state index contributed by atoms with van der Waals surface area (Å²) in [5.41, 5.74) is -0.314. The van der Waals surface area contributed by atoms with Crippen molar-refractivity contribution in [3.8, 4) is 0 Å². The highest BCUT2D eigenvalue weighted by Gasteiger charge is 2.71. The van der Waals surface area contributed by atoms with Gasteiger partial charge >= 0.3 is 5.97 Å². The van der Waals surface area contributed by atoms with Crippen molar-refractivity contribution in [1.29, 1.82) is 0 Å². The van der Waals surface area contributed by atoms with Gasteiger partial charge in [0.05, 0.1) is 5.41 Å². The van der Waals surface area contributed by atoms with Crippen LogP contribution in [0.25, 0.3) is 0 Å². The van der Waals surface area contributed by atoms with Crippen LogP contribution in [-0.2, 0) is 14.3 Å². The zero-order valence-corrected chi connectivity index (χ0v) is 18.5. The number of carboxylic acid groups (broad SMARTS) is 1. The van der Waals surface area contributed by atoms with Crippen LogP contribution in [0.5, 0.6) is 0 Å². The Bertz CT molecular complexity index is 696. The maximum absolute atomic E-state index is 12.6. The van der Waals surface area contributed by atoms with E-state index >= 15 is 0 Å². The summed E-state index contributed by atoms with van der Waals surface area (Å²) in [7, 11) is 0. The second-order valence-electron chi connectivity index (χ2n) is 11.8. The van der Waals surface area contributed by atoms with Gasteiger partial charge in [-0.15, -0.1) is 0 Å². The first-order valence-electron chi connectivity index (χ1n) is 12.1. The van der Waals surface area contributed by atoms with Crippen LogP contribution in [0.2, 0.25) is 0 Å². The van der Waals surface area contributed by atoms with Gasteiger partial charge < -0.3 is 9.84 Å². The molecule has 186 valence electrons. The summed E-state index contributed by atoms with van der Waals surface area (Å²) in [5, 5.41) is 7.42. The molecule has 0 aromatic rings. The summed E-state index contributed by atoms with van der Waals surface area (Å²) in [6, 6.07) is 0. The van der Waals surface area contributed by atoms with E-state index in [1.165, 1.54) is 19.3 Å². The van der Waals surface area contributed by atoms with E-state index in [1.54, 1.807) is 19.3 Å². The molecule has 6 rings (SSSR count). The van der Waals surface area contributed by atoms with Crippen molar-refractivity contribution in [3.63, 3.8) is 0 Å². The third kappa shape index (κ3) is 3.82. The molecule has 6 bridgehead atoms. The quantitative estimate of drug-likeness (QED) is 0.374. The first-order chi connectivity index (χ1) is 13.7. The molecule has 1 N–H and O–H groups in total. The number of carbonyl (C=O) groups is 2. The summed E-state index contributed by atoms with van der Waals surface area (Å²) in [5.74, 6) is 9.20. The first kappa shape index (κ1) is 27.2. The first-order valence-corrected chi connectivity index (χ1v) is 12.1. The van der Waals surface area contributed by atoms with Gasteiger partial charge in [0, 0.05) is 6.92 Å². The number of hydrogen-bond acceptors (Lipinski definition) is 3. The topological polar surface area (TPSA) is 63.6 Å². The van der Waals surface area contributed by atoms with Crippen molar-refractivity contribution < 1.29 is 19.4 Å². The van der Waals surface area contributed by atoms with Crippen LogP contribution in [0.3, 0.4) is 0 Å². The second-order valence-corrected chi connectivity index (χ2v) is 11.8. The maximum atomic E-state index is 12.6. The van der Waals surface area contributed by atoms with Crippen molar-refractivity contribution in [2.45, 2.75) is 101 Å². The van der Waals surface area contributed by atoms with E-state index in [9.17, 15) is 4.79 Å². The van der Waals surface area contributed by atoms with E-state index in [-0.39, 0.29) is 39.8 Å². The van der Waals surface area contributed by atoms with E-state index in [0.29, 0.717) is 5.92 Å². The lowest BCUT2D eigenvalue weighted by Crippen LogP contribution is -2.45. The minimum Gasteiger partial charge on any atom is -0.481 e. The van der Waals surface area contributed by atoms with E-state index in [4.69, 9.17) is 14.6 Å². The van der Waals surface area contributed by atoms with Crippen molar-refractivity contribution in [3.05, 3.63) is 0 Å². The number of carboxylic acids is 1. The molecule has 11 atom stereocenters. The third-order valence-corrected chi connectivity index (χ3v) is 10.3. The Labute approximate surface area is 197 Å². The monoisotopic (exact) mass is 450 g/mol. The highest BCUT2D eigenvalue weighted by atomic mass is 16.5. The molecular formula is C28H50O4. The summed E-state index contributed by atoms with van der Waals surface area (Å²) >= 11 is 0. The van der Waals surface area contributed by atoms with E-state index in [2.05, 4.69) is 6.92 Å². The smallest absolute Gasteiger partial charge is 0.311 e. The maximum Gasteiger partial charge on any atom is 0.311 e. The molecule has 0 amide bonds.